The van der Waals surface area contributed by atoms with Crippen LogP contribution in [0.15, 0.2) is 0 Å². The van der Waals surface area contributed by atoms with E-state index in [1.165, 1.54) is 0 Å². The highest BCUT2D eigenvalue weighted by Gasteiger charge is 2.17. The van der Waals surface area contributed by atoms with E-state index in [2.05, 4.69) is 0 Å². The van der Waals surface area contributed by atoms with Crippen LogP contribution in [0.5, 0.6) is 0 Å². The quantitative estimate of drug-likeness (QED) is 0.740. The molecule has 1 saturated heterocycles. The van der Waals surface area contributed by atoms with Gasteiger partial charge in [0.2, 0.25) is 5.91 Å². The minimum atomic E-state index is 0.0524. The third kappa shape index (κ3) is 4.49. The average Bonchev–Trinajstić information content (AvgIpc) is 2.34. The topological polar surface area (TPSA) is 49.8 Å². The smallest absolute Gasteiger partial charge is 0.222 e. The molecule has 0 saturated carbocycles. The molecule has 0 aromatic heterocycles. The highest BCUT2D eigenvalue weighted by molar-refractivity contribution is 5.76. The SMILES string of the molecule is CCN(CCO)C(=O)CCC1CCOCC1. The Hall–Kier alpha value is -0.610. The molecule has 0 bridgehead atoms. The van der Waals surface area contributed by atoms with Gasteiger partial charge in [0.1, 0.15) is 0 Å². The van der Waals surface area contributed by atoms with Gasteiger partial charge in [-0.15, -0.1) is 0 Å². The second-order valence-electron chi connectivity index (χ2n) is 4.29. The Morgan fingerprint density at radius 3 is 2.69 bits per heavy atom. The Kier molecular flexibility index (Phi) is 6.42. The number of hydrogen-bond acceptors (Lipinski definition) is 3. The molecule has 1 aliphatic heterocycles. The first-order valence-electron chi connectivity index (χ1n) is 6.24. The molecule has 0 radical (unpaired) electrons. The Bertz CT molecular complexity index is 202. The van der Waals surface area contributed by atoms with E-state index >= 15 is 0 Å². The van der Waals surface area contributed by atoms with E-state index in [9.17, 15) is 4.79 Å². The normalized spacial score (nSPS) is 17.4. The first kappa shape index (κ1) is 13.5. The molecular formula is C12H23NO3. The minimum Gasteiger partial charge on any atom is -0.395 e. The number of nitrogens with zero attached hydrogens (tertiary/aromatic N) is 1. The Labute approximate surface area is 97.6 Å². The van der Waals surface area contributed by atoms with Gasteiger partial charge in [0.05, 0.1) is 6.61 Å². The summed E-state index contributed by atoms with van der Waals surface area (Å²) in [5.41, 5.74) is 0. The largest absolute Gasteiger partial charge is 0.395 e. The van der Waals surface area contributed by atoms with Crippen molar-refractivity contribution in [2.24, 2.45) is 5.92 Å². The number of aliphatic hydroxyl groups excluding tert-OH is 1. The maximum Gasteiger partial charge on any atom is 0.222 e. The van der Waals surface area contributed by atoms with Gasteiger partial charge in [0.25, 0.3) is 0 Å². The third-order valence-corrected chi connectivity index (χ3v) is 3.21. The van der Waals surface area contributed by atoms with Crippen molar-refractivity contribution in [1.29, 1.82) is 0 Å². The molecule has 0 aromatic carbocycles. The second kappa shape index (κ2) is 7.63. The van der Waals surface area contributed by atoms with Gasteiger partial charge in [-0.2, -0.15) is 0 Å². The molecule has 1 amide bonds. The van der Waals surface area contributed by atoms with Crippen LogP contribution < -0.4 is 0 Å². The first-order chi connectivity index (χ1) is 7.77. The molecule has 0 spiro atoms. The first-order valence-corrected chi connectivity index (χ1v) is 6.24. The molecule has 1 aliphatic rings. The third-order valence-electron chi connectivity index (χ3n) is 3.21. The lowest BCUT2D eigenvalue weighted by atomic mass is 9.95. The maximum atomic E-state index is 11.8. The number of hydrogen-bond donors (Lipinski definition) is 1. The highest BCUT2D eigenvalue weighted by Crippen LogP contribution is 2.20. The van der Waals surface area contributed by atoms with Crippen molar-refractivity contribution < 1.29 is 14.6 Å². The van der Waals surface area contributed by atoms with Gasteiger partial charge in [-0.25, -0.2) is 0 Å². The molecule has 1 heterocycles. The van der Waals surface area contributed by atoms with Crippen LogP contribution in [0.4, 0.5) is 0 Å². The van der Waals surface area contributed by atoms with Crippen LogP contribution in [-0.2, 0) is 9.53 Å². The van der Waals surface area contributed by atoms with E-state index in [-0.39, 0.29) is 12.5 Å². The summed E-state index contributed by atoms with van der Waals surface area (Å²) in [4.78, 5) is 13.5. The molecule has 0 unspecified atom stereocenters. The predicted octanol–water partition coefficient (Wildman–Crippen LogP) is 1.03. The van der Waals surface area contributed by atoms with Crippen LogP contribution in [0.25, 0.3) is 0 Å². The van der Waals surface area contributed by atoms with E-state index in [4.69, 9.17) is 9.84 Å². The number of amides is 1. The van der Waals surface area contributed by atoms with Crippen LogP contribution >= 0.6 is 0 Å². The summed E-state index contributed by atoms with van der Waals surface area (Å²) >= 11 is 0. The zero-order valence-corrected chi connectivity index (χ0v) is 10.2. The lowest BCUT2D eigenvalue weighted by molar-refractivity contribution is -0.132. The van der Waals surface area contributed by atoms with Gasteiger partial charge in [-0.3, -0.25) is 4.79 Å². The van der Waals surface area contributed by atoms with Crippen LogP contribution in [0.1, 0.15) is 32.6 Å². The van der Waals surface area contributed by atoms with Gasteiger partial charge >= 0.3 is 0 Å². The zero-order valence-electron chi connectivity index (χ0n) is 10.2. The Morgan fingerprint density at radius 2 is 2.12 bits per heavy atom. The fourth-order valence-electron chi connectivity index (χ4n) is 2.10. The van der Waals surface area contributed by atoms with Gasteiger partial charge in [0, 0.05) is 32.7 Å². The molecule has 4 heteroatoms. The number of aliphatic hydroxyl groups is 1. The number of likely N-dealkylation sites (N-methyl/N-ethyl adjacent to an activating group) is 1. The van der Waals surface area contributed by atoms with Crippen molar-refractivity contribution >= 4 is 5.91 Å². The molecule has 1 N–H and O–H groups in total. The van der Waals surface area contributed by atoms with Gasteiger partial charge in [-0.1, -0.05) is 0 Å². The van der Waals surface area contributed by atoms with Crippen LogP contribution in [-0.4, -0.2) is 48.8 Å². The molecular weight excluding hydrogens is 206 g/mol. The van der Waals surface area contributed by atoms with Crippen molar-refractivity contribution in [2.45, 2.75) is 32.6 Å². The van der Waals surface area contributed by atoms with Crippen LogP contribution in [0.3, 0.4) is 0 Å². The number of ether oxygens (including phenoxy) is 1. The second-order valence-corrected chi connectivity index (χ2v) is 4.29. The summed E-state index contributed by atoms with van der Waals surface area (Å²) < 4.78 is 5.29. The Morgan fingerprint density at radius 1 is 1.44 bits per heavy atom. The molecule has 0 aromatic rings. The summed E-state index contributed by atoms with van der Waals surface area (Å²) in [6, 6.07) is 0. The van der Waals surface area contributed by atoms with E-state index in [0.717, 1.165) is 32.5 Å². The predicted molar refractivity (Wildman–Crippen MR) is 62.1 cm³/mol. The molecule has 4 nitrogen and oxygen atoms in total. The molecule has 16 heavy (non-hydrogen) atoms. The van der Waals surface area contributed by atoms with Crippen molar-refractivity contribution in [1.82, 2.24) is 4.90 Å². The molecule has 94 valence electrons. The molecule has 0 aliphatic carbocycles. The summed E-state index contributed by atoms with van der Waals surface area (Å²) in [6.45, 7) is 4.83. The number of rotatable bonds is 6. The standard InChI is InChI=1S/C12H23NO3/c1-2-13(7-8-14)12(15)4-3-11-5-9-16-10-6-11/h11,14H,2-10H2,1H3. The maximum absolute atomic E-state index is 11.8. The monoisotopic (exact) mass is 229 g/mol. The van der Waals surface area contributed by atoms with E-state index < -0.39 is 0 Å². The van der Waals surface area contributed by atoms with Crippen molar-refractivity contribution in [3.8, 4) is 0 Å². The van der Waals surface area contributed by atoms with E-state index in [1.807, 2.05) is 6.92 Å². The average molecular weight is 229 g/mol. The van der Waals surface area contributed by atoms with Crippen molar-refractivity contribution in [2.75, 3.05) is 32.9 Å². The lowest BCUT2D eigenvalue weighted by Gasteiger charge is -2.24. The number of carbonyl (C=O) groups is 1. The minimum absolute atomic E-state index is 0.0524. The summed E-state index contributed by atoms with van der Waals surface area (Å²) in [7, 11) is 0. The van der Waals surface area contributed by atoms with Crippen LogP contribution in [0, 0.1) is 5.92 Å². The summed E-state index contributed by atoms with van der Waals surface area (Å²) in [5.74, 6) is 0.813. The van der Waals surface area contributed by atoms with Crippen molar-refractivity contribution in [3.05, 3.63) is 0 Å². The summed E-state index contributed by atoms with van der Waals surface area (Å²) in [6.07, 6.45) is 3.74. The van der Waals surface area contributed by atoms with Gasteiger partial charge in [0.15, 0.2) is 0 Å². The van der Waals surface area contributed by atoms with Crippen molar-refractivity contribution in [3.63, 3.8) is 0 Å². The van der Waals surface area contributed by atoms with E-state index in [1.54, 1.807) is 4.90 Å². The van der Waals surface area contributed by atoms with Gasteiger partial charge in [-0.05, 0) is 32.1 Å². The lowest BCUT2D eigenvalue weighted by Crippen LogP contribution is -2.33. The highest BCUT2D eigenvalue weighted by atomic mass is 16.5. The fourth-order valence-corrected chi connectivity index (χ4v) is 2.10. The summed E-state index contributed by atoms with van der Waals surface area (Å²) in [5, 5.41) is 8.82. The van der Waals surface area contributed by atoms with Crippen LogP contribution in [0.2, 0.25) is 0 Å². The molecule has 0 atom stereocenters. The molecule has 1 rings (SSSR count). The fraction of sp³-hybridized carbons (Fsp3) is 0.917. The van der Waals surface area contributed by atoms with E-state index in [0.29, 0.717) is 25.4 Å². The number of carbonyl (C=O) groups excluding carboxylic acids is 1. The van der Waals surface area contributed by atoms with Gasteiger partial charge < -0.3 is 14.7 Å². The Balaban J connectivity index is 2.21. The zero-order chi connectivity index (χ0) is 11.8. The molecule has 1 fully saturated rings.